The Kier molecular flexibility index (Phi) is 4.96. The SMILES string of the molecule is CCCNc1nc(C)cc(N(CCO)C2CCC2)n1. The zero-order valence-electron chi connectivity index (χ0n) is 11.9. The third-order valence-corrected chi connectivity index (χ3v) is 3.52. The van der Waals surface area contributed by atoms with Gasteiger partial charge in [-0.3, -0.25) is 0 Å². The van der Waals surface area contributed by atoms with Crippen LogP contribution in [0.1, 0.15) is 38.3 Å². The van der Waals surface area contributed by atoms with Crippen molar-refractivity contribution >= 4 is 11.8 Å². The molecular formula is C14H24N4O. The van der Waals surface area contributed by atoms with Crippen molar-refractivity contribution in [1.82, 2.24) is 9.97 Å². The second kappa shape index (κ2) is 6.70. The van der Waals surface area contributed by atoms with Crippen molar-refractivity contribution in [3.05, 3.63) is 11.8 Å². The molecule has 0 aromatic carbocycles. The highest BCUT2D eigenvalue weighted by Crippen LogP contribution is 2.28. The molecule has 2 N–H and O–H groups in total. The second-order valence-electron chi connectivity index (χ2n) is 5.12. The van der Waals surface area contributed by atoms with E-state index < -0.39 is 0 Å². The summed E-state index contributed by atoms with van der Waals surface area (Å²) in [5, 5.41) is 12.5. The Labute approximate surface area is 115 Å². The maximum atomic E-state index is 9.25. The minimum atomic E-state index is 0.164. The molecule has 1 heterocycles. The fourth-order valence-corrected chi connectivity index (χ4v) is 2.31. The highest BCUT2D eigenvalue weighted by Gasteiger charge is 2.26. The predicted octanol–water partition coefficient (Wildman–Crippen LogP) is 1.96. The van der Waals surface area contributed by atoms with E-state index in [-0.39, 0.29) is 6.61 Å². The van der Waals surface area contributed by atoms with E-state index in [0.29, 0.717) is 18.5 Å². The van der Waals surface area contributed by atoms with Crippen molar-refractivity contribution in [3.8, 4) is 0 Å². The Morgan fingerprint density at radius 2 is 2.21 bits per heavy atom. The van der Waals surface area contributed by atoms with Crippen molar-refractivity contribution in [3.63, 3.8) is 0 Å². The minimum Gasteiger partial charge on any atom is -0.395 e. The van der Waals surface area contributed by atoms with Crippen molar-refractivity contribution in [2.24, 2.45) is 0 Å². The number of nitrogens with one attached hydrogen (secondary N) is 1. The van der Waals surface area contributed by atoms with Crippen LogP contribution in [0.5, 0.6) is 0 Å². The largest absolute Gasteiger partial charge is 0.395 e. The molecule has 1 aliphatic carbocycles. The summed E-state index contributed by atoms with van der Waals surface area (Å²) in [5.74, 6) is 1.63. The molecule has 0 spiro atoms. The number of hydrogen-bond acceptors (Lipinski definition) is 5. The molecule has 0 aliphatic heterocycles. The summed E-state index contributed by atoms with van der Waals surface area (Å²) in [6.45, 7) is 5.80. The van der Waals surface area contributed by atoms with Crippen LogP contribution in [0.15, 0.2) is 6.07 Å². The third-order valence-electron chi connectivity index (χ3n) is 3.52. The zero-order chi connectivity index (χ0) is 13.7. The highest BCUT2D eigenvalue weighted by atomic mass is 16.3. The molecule has 5 heteroatoms. The van der Waals surface area contributed by atoms with Crippen molar-refractivity contribution in [2.75, 3.05) is 29.9 Å². The van der Waals surface area contributed by atoms with E-state index in [0.717, 1.165) is 24.5 Å². The molecule has 0 atom stereocenters. The Balaban J connectivity index is 2.17. The summed E-state index contributed by atoms with van der Waals surface area (Å²) in [5.41, 5.74) is 0.964. The van der Waals surface area contributed by atoms with E-state index in [9.17, 15) is 5.11 Å². The smallest absolute Gasteiger partial charge is 0.224 e. The number of rotatable bonds is 7. The van der Waals surface area contributed by atoms with Gasteiger partial charge in [0, 0.05) is 30.9 Å². The van der Waals surface area contributed by atoms with Gasteiger partial charge in [-0.25, -0.2) is 4.98 Å². The maximum absolute atomic E-state index is 9.25. The lowest BCUT2D eigenvalue weighted by atomic mass is 9.91. The van der Waals surface area contributed by atoms with E-state index in [4.69, 9.17) is 0 Å². The molecule has 0 unspecified atom stereocenters. The van der Waals surface area contributed by atoms with Gasteiger partial charge in [-0.2, -0.15) is 4.98 Å². The normalized spacial score (nSPS) is 15.1. The molecule has 1 aromatic heterocycles. The van der Waals surface area contributed by atoms with E-state index in [1.165, 1.54) is 19.3 Å². The van der Waals surface area contributed by atoms with Crippen molar-refractivity contribution in [2.45, 2.75) is 45.6 Å². The molecule has 0 radical (unpaired) electrons. The minimum absolute atomic E-state index is 0.164. The van der Waals surface area contributed by atoms with Gasteiger partial charge in [-0.1, -0.05) is 6.92 Å². The summed E-state index contributed by atoms with van der Waals surface area (Å²) in [7, 11) is 0. The molecule has 106 valence electrons. The highest BCUT2D eigenvalue weighted by molar-refractivity contribution is 5.46. The van der Waals surface area contributed by atoms with Crippen LogP contribution in [0.2, 0.25) is 0 Å². The van der Waals surface area contributed by atoms with Crippen molar-refractivity contribution in [1.29, 1.82) is 0 Å². The van der Waals surface area contributed by atoms with Crippen molar-refractivity contribution < 1.29 is 5.11 Å². The lowest BCUT2D eigenvalue weighted by molar-refractivity contribution is 0.283. The quantitative estimate of drug-likeness (QED) is 0.788. The Morgan fingerprint density at radius 1 is 1.42 bits per heavy atom. The molecule has 1 fully saturated rings. The first-order valence-electron chi connectivity index (χ1n) is 7.21. The van der Waals surface area contributed by atoms with Gasteiger partial charge in [0.05, 0.1) is 6.61 Å². The number of aliphatic hydroxyl groups is 1. The van der Waals surface area contributed by atoms with E-state index >= 15 is 0 Å². The molecular weight excluding hydrogens is 240 g/mol. The number of aryl methyl sites for hydroxylation is 1. The fourth-order valence-electron chi connectivity index (χ4n) is 2.31. The van der Waals surface area contributed by atoms with Crippen LogP contribution in [0.4, 0.5) is 11.8 Å². The van der Waals surface area contributed by atoms with Crippen LogP contribution in [-0.4, -0.2) is 40.8 Å². The second-order valence-corrected chi connectivity index (χ2v) is 5.12. The average Bonchev–Trinajstić information content (AvgIpc) is 2.33. The lowest BCUT2D eigenvalue weighted by Crippen LogP contribution is -2.42. The number of aliphatic hydroxyl groups excluding tert-OH is 1. The molecule has 1 saturated carbocycles. The zero-order valence-corrected chi connectivity index (χ0v) is 11.9. The predicted molar refractivity (Wildman–Crippen MR) is 77.6 cm³/mol. The summed E-state index contributed by atoms with van der Waals surface area (Å²) in [4.78, 5) is 11.2. The van der Waals surface area contributed by atoms with E-state index in [1.54, 1.807) is 0 Å². The van der Waals surface area contributed by atoms with Crippen LogP contribution >= 0.6 is 0 Å². The van der Waals surface area contributed by atoms with Crippen LogP contribution in [0.25, 0.3) is 0 Å². The third kappa shape index (κ3) is 3.56. The van der Waals surface area contributed by atoms with Gasteiger partial charge in [0.25, 0.3) is 0 Å². The first-order valence-corrected chi connectivity index (χ1v) is 7.21. The molecule has 1 aromatic rings. The standard InChI is InChI=1S/C14H24N4O/c1-3-7-15-14-16-11(2)10-13(17-14)18(8-9-19)12-5-4-6-12/h10,12,19H,3-9H2,1-2H3,(H,15,16,17). The van der Waals surface area contributed by atoms with Gasteiger partial charge in [-0.15, -0.1) is 0 Å². The van der Waals surface area contributed by atoms with E-state index in [2.05, 4.69) is 27.1 Å². The Morgan fingerprint density at radius 3 is 2.79 bits per heavy atom. The monoisotopic (exact) mass is 264 g/mol. The van der Waals surface area contributed by atoms with Gasteiger partial charge in [0.15, 0.2) is 0 Å². The summed E-state index contributed by atoms with van der Waals surface area (Å²) < 4.78 is 0. The fraction of sp³-hybridized carbons (Fsp3) is 0.714. The first-order chi connectivity index (χ1) is 9.24. The van der Waals surface area contributed by atoms with Crippen LogP contribution in [-0.2, 0) is 0 Å². The van der Waals surface area contributed by atoms with E-state index in [1.807, 2.05) is 13.0 Å². The van der Waals surface area contributed by atoms with Gasteiger partial charge < -0.3 is 15.3 Å². The van der Waals surface area contributed by atoms with Crippen LogP contribution < -0.4 is 10.2 Å². The van der Waals surface area contributed by atoms with Gasteiger partial charge >= 0.3 is 0 Å². The molecule has 0 saturated heterocycles. The number of hydrogen-bond donors (Lipinski definition) is 2. The molecule has 1 aliphatic rings. The number of aromatic nitrogens is 2. The van der Waals surface area contributed by atoms with Crippen LogP contribution in [0, 0.1) is 6.92 Å². The molecule has 19 heavy (non-hydrogen) atoms. The molecule has 0 amide bonds. The Hall–Kier alpha value is -1.36. The number of anilines is 2. The van der Waals surface area contributed by atoms with Gasteiger partial charge in [0.1, 0.15) is 5.82 Å². The topological polar surface area (TPSA) is 61.3 Å². The summed E-state index contributed by atoms with van der Waals surface area (Å²) in [6, 6.07) is 2.53. The first kappa shape index (κ1) is 14.1. The number of nitrogens with zero attached hydrogens (tertiary/aromatic N) is 3. The lowest BCUT2D eigenvalue weighted by Gasteiger charge is -2.38. The van der Waals surface area contributed by atoms with Crippen LogP contribution in [0.3, 0.4) is 0 Å². The summed E-state index contributed by atoms with van der Waals surface area (Å²) >= 11 is 0. The van der Waals surface area contributed by atoms with Gasteiger partial charge in [-0.05, 0) is 32.6 Å². The average molecular weight is 264 g/mol. The maximum Gasteiger partial charge on any atom is 0.224 e. The molecule has 2 rings (SSSR count). The van der Waals surface area contributed by atoms with Gasteiger partial charge in [0.2, 0.25) is 5.95 Å². The summed E-state index contributed by atoms with van der Waals surface area (Å²) in [6.07, 6.45) is 4.72. The molecule has 0 bridgehead atoms. The molecule has 5 nitrogen and oxygen atoms in total. The Bertz CT molecular complexity index is 406.